The summed E-state index contributed by atoms with van der Waals surface area (Å²) < 4.78 is 0. The van der Waals surface area contributed by atoms with Gasteiger partial charge in [-0.05, 0) is 44.2 Å². The highest BCUT2D eigenvalue weighted by atomic mass is 32.1. The number of hydrogen-bond donors (Lipinski definition) is 4. The molecule has 0 aliphatic carbocycles. The van der Waals surface area contributed by atoms with Crippen molar-refractivity contribution in [2.45, 2.75) is 45.2 Å². The maximum atomic E-state index is 12.6. The maximum Gasteiger partial charge on any atom is 0.347 e. The summed E-state index contributed by atoms with van der Waals surface area (Å²) in [4.78, 5) is 44.3. The van der Waals surface area contributed by atoms with Crippen LogP contribution in [-0.4, -0.2) is 56.1 Å². The molecule has 0 saturated carbocycles. The molecule has 12 heteroatoms. The van der Waals surface area contributed by atoms with Crippen molar-refractivity contribution in [2.75, 3.05) is 28.6 Å². The van der Waals surface area contributed by atoms with E-state index in [0.29, 0.717) is 35.7 Å². The van der Waals surface area contributed by atoms with E-state index < -0.39 is 5.97 Å². The number of carboxylic acid groups (broad SMARTS) is 1. The molecule has 1 unspecified atom stereocenters. The minimum Gasteiger partial charge on any atom is -0.477 e. The Labute approximate surface area is 206 Å². The Kier molecular flexibility index (Phi) is 6.45. The van der Waals surface area contributed by atoms with Crippen molar-refractivity contribution in [1.82, 2.24) is 25.3 Å². The van der Waals surface area contributed by atoms with Crippen LogP contribution in [-0.2, 0) is 17.8 Å². The number of nitrogens with one attached hydrogen (secondary N) is 3. The van der Waals surface area contributed by atoms with Crippen LogP contribution in [0.3, 0.4) is 0 Å². The van der Waals surface area contributed by atoms with Crippen LogP contribution in [0.5, 0.6) is 0 Å². The summed E-state index contributed by atoms with van der Waals surface area (Å²) >= 11 is 1.04. The lowest BCUT2D eigenvalue weighted by molar-refractivity contribution is -0.121. The number of anilines is 4. The molecule has 11 nitrogen and oxygen atoms in total. The Bertz CT molecular complexity index is 1250. The molecular formula is C23H26N8O3S. The van der Waals surface area contributed by atoms with E-state index in [1.807, 2.05) is 18.3 Å². The van der Waals surface area contributed by atoms with E-state index in [0.717, 1.165) is 60.5 Å². The van der Waals surface area contributed by atoms with Gasteiger partial charge >= 0.3 is 5.97 Å². The molecule has 2 aliphatic rings. The van der Waals surface area contributed by atoms with Gasteiger partial charge in [0.15, 0.2) is 5.13 Å². The molecule has 1 amide bonds. The summed E-state index contributed by atoms with van der Waals surface area (Å²) in [6.07, 6.45) is 6.93. The first-order chi connectivity index (χ1) is 17.0. The summed E-state index contributed by atoms with van der Waals surface area (Å²) in [6, 6.07) is 3.55. The zero-order valence-electron chi connectivity index (χ0n) is 19.2. The average molecular weight is 495 g/mol. The van der Waals surface area contributed by atoms with Crippen molar-refractivity contribution in [2.24, 2.45) is 0 Å². The Hall–Kier alpha value is -3.80. The molecule has 1 fully saturated rings. The van der Waals surface area contributed by atoms with Gasteiger partial charge in [0, 0.05) is 37.6 Å². The first kappa shape index (κ1) is 23.0. The quantitative estimate of drug-likeness (QED) is 0.387. The molecule has 0 bridgehead atoms. The second-order valence-corrected chi connectivity index (χ2v) is 9.58. The fourth-order valence-corrected chi connectivity index (χ4v) is 5.14. The molecule has 4 N–H and O–H groups in total. The molecule has 0 radical (unpaired) electrons. The molecule has 0 spiro atoms. The molecule has 2 aliphatic heterocycles. The van der Waals surface area contributed by atoms with Crippen LogP contribution in [0.1, 0.15) is 45.8 Å². The molecule has 0 aromatic carbocycles. The molecule has 35 heavy (non-hydrogen) atoms. The highest BCUT2D eigenvalue weighted by Gasteiger charge is 2.29. The maximum absolute atomic E-state index is 12.6. The molecule has 182 valence electrons. The zero-order chi connectivity index (χ0) is 24.4. The van der Waals surface area contributed by atoms with E-state index in [2.05, 4.69) is 30.8 Å². The average Bonchev–Trinajstić information content (AvgIpc) is 3.34. The Morgan fingerprint density at radius 3 is 2.97 bits per heavy atom. The van der Waals surface area contributed by atoms with Gasteiger partial charge < -0.3 is 20.6 Å². The van der Waals surface area contributed by atoms with Crippen LogP contribution in [0.25, 0.3) is 0 Å². The number of carbonyl (C=O) groups is 2. The van der Waals surface area contributed by atoms with E-state index in [1.165, 1.54) is 0 Å². The van der Waals surface area contributed by atoms with Crippen molar-refractivity contribution in [3.63, 3.8) is 0 Å². The Morgan fingerprint density at radius 2 is 2.20 bits per heavy atom. The number of rotatable bonds is 7. The number of aromatic carboxylic acids is 1. The molecule has 5 heterocycles. The molecule has 3 aromatic heterocycles. The SMILES string of the molecule is Cc1nc(Nc2nc(NC3CCCCNC3=O)c3c(n2)N(Cc2cccnc2)CC3)sc1C(=O)O. The number of fused-ring (bicyclic) bond motifs is 1. The predicted octanol–water partition coefficient (Wildman–Crippen LogP) is 2.72. The van der Waals surface area contributed by atoms with Gasteiger partial charge in [-0.3, -0.25) is 15.1 Å². The van der Waals surface area contributed by atoms with E-state index >= 15 is 0 Å². The Balaban J connectivity index is 1.48. The highest BCUT2D eigenvalue weighted by molar-refractivity contribution is 7.17. The highest BCUT2D eigenvalue weighted by Crippen LogP contribution is 2.35. The number of nitrogens with zero attached hydrogens (tertiary/aromatic N) is 5. The number of hydrogen-bond acceptors (Lipinski definition) is 10. The van der Waals surface area contributed by atoms with Gasteiger partial charge in [0.25, 0.3) is 0 Å². The first-order valence-electron chi connectivity index (χ1n) is 11.5. The van der Waals surface area contributed by atoms with Crippen molar-refractivity contribution >= 4 is 45.9 Å². The molecule has 1 saturated heterocycles. The fourth-order valence-electron chi connectivity index (χ4n) is 4.34. The van der Waals surface area contributed by atoms with Crippen molar-refractivity contribution in [3.05, 3.63) is 46.2 Å². The summed E-state index contributed by atoms with van der Waals surface area (Å²) in [5.41, 5.74) is 2.45. The minimum atomic E-state index is -1.02. The van der Waals surface area contributed by atoms with Gasteiger partial charge in [-0.1, -0.05) is 17.4 Å². The third kappa shape index (κ3) is 5.02. The number of aryl methyl sites for hydroxylation is 1. The van der Waals surface area contributed by atoms with Gasteiger partial charge in [-0.15, -0.1) is 0 Å². The largest absolute Gasteiger partial charge is 0.477 e. The van der Waals surface area contributed by atoms with E-state index in [1.54, 1.807) is 13.1 Å². The number of carbonyl (C=O) groups excluding carboxylic acids is 1. The lowest BCUT2D eigenvalue weighted by Gasteiger charge is -2.21. The van der Waals surface area contributed by atoms with Crippen molar-refractivity contribution in [1.29, 1.82) is 0 Å². The predicted molar refractivity (Wildman–Crippen MR) is 132 cm³/mol. The van der Waals surface area contributed by atoms with E-state index in [4.69, 9.17) is 9.97 Å². The van der Waals surface area contributed by atoms with Crippen molar-refractivity contribution in [3.8, 4) is 0 Å². The summed E-state index contributed by atoms with van der Waals surface area (Å²) in [5.74, 6) is 0.627. The fraction of sp³-hybridized carbons (Fsp3) is 0.391. The smallest absolute Gasteiger partial charge is 0.347 e. The third-order valence-corrected chi connectivity index (χ3v) is 7.13. The summed E-state index contributed by atoms with van der Waals surface area (Å²) in [5, 5.41) is 19.2. The van der Waals surface area contributed by atoms with Gasteiger partial charge in [-0.25, -0.2) is 9.78 Å². The number of carboxylic acids is 1. The standard InChI is InChI=1S/C23H26N8O3S/c1-13-17(21(33)34)35-23(26-13)30-22-28-18(27-16-6-2-3-9-25-20(16)32)15-7-10-31(19(15)29-22)12-14-5-4-8-24-11-14/h4-5,8,11,16H,2-3,6-7,9-10,12H2,1H3,(H,25,32)(H,33,34)(H2,26,27,28,29,30). The van der Waals surface area contributed by atoms with Crippen LogP contribution in [0, 0.1) is 6.92 Å². The number of aromatic nitrogens is 4. The van der Waals surface area contributed by atoms with Crippen LogP contribution in [0.15, 0.2) is 24.5 Å². The van der Waals surface area contributed by atoms with E-state index in [-0.39, 0.29) is 16.8 Å². The number of thiazole rings is 1. The van der Waals surface area contributed by atoms with Gasteiger partial charge in [0.2, 0.25) is 11.9 Å². The third-order valence-electron chi connectivity index (χ3n) is 6.07. The summed E-state index contributed by atoms with van der Waals surface area (Å²) in [6.45, 7) is 3.73. The van der Waals surface area contributed by atoms with Crippen LogP contribution in [0.2, 0.25) is 0 Å². The van der Waals surface area contributed by atoms with Gasteiger partial charge in [0.1, 0.15) is 22.6 Å². The molecule has 1 atom stereocenters. The van der Waals surface area contributed by atoms with Crippen LogP contribution in [0.4, 0.5) is 22.7 Å². The second-order valence-electron chi connectivity index (χ2n) is 8.58. The summed E-state index contributed by atoms with van der Waals surface area (Å²) in [7, 11) is 0. The van der Waals surface area contributed by atoms with Gasteiger partial charge in [-0.2, -0.15) is 9.97 Å². The number of pyridine rings is 1. The van der Waals surface area contributed by atoms with E-state index in [9.17, 15) is 14.7 Å². The van der Waals surface area contributed by atoms with Crippen LogP contribution >= 0.6 is 11.3 Å². The van der Waals surface area contributed by atoms with Crippen molar-refractivity contribution < 1.29 is 14.7 Å². The molecule has 5 rings (SSSR count). The Morgan fingerprint density at radius 1 is 1.31 bits per heavy atom. The van der Waals surface area contributed by atoms with Gasteiger partial charge in [0.05, 0.1) is 5.69 Å². The minimum absolute atomic E-state index is 0.0313. The lowest BCUT2D eigenvalue weighted by Crippen LogP contribution is -2.38. The lowest BCUT2D eigenvalue weighted by atomic mass is 10.1. The zero-order valence-corrected chi connectivity index (χ0v) is 20.1. The monoisotopic (exact) mass is 494 g/mol. The molecule has 3 aromatic rings. The topological polar surface area (TPSA) is 145 Å². The second kappa shape index (κ2) is 9.82. The first-order valence-corrected chi connectivity index (χ1v) is 12.4. The number of amides is 1. The van der Waals surface area contributed by atoms with Crippen LogP contribution < -0.4 is 20.9 Å². The normalized spacial score (nSPS) is 17.5. The molecular weight excluding hydrogens is 468 g/mol.